The Balaban J connectivity index is 2.46. The molecule has 0 heterocycles. The molecule has 0 radical (unpaired) electrons. The normalized spacial score (nSPS) is 11.2. The van der Waals surface area contributed by atoms with E-state index in [1.807, 2.05) is 32.0 Å². The van der Waals surface area contributed by atoms with Crippen LogP contribution in [0, 0.1) is 24.0 Å². The number of nitro groups is 1. The van der Waals surface area contributed by atoms with E-state index in [2.05, 4.69) is 5.32 Å². The van der Waals surface area contributed by atoms with Gasteiger partial charge in [-0.05, 0) is 49.2 Å². The van der Waals surface area contributed by atoms with Crippen LogP contribution >= 0.6 is 0 Å². The Hall–Kier alpha value is -2.41. The zero-order valence-electron chi connectivity index (χ0n) is 12.5. The fourth-order valence-electron chi connectivity index (χ4n) is 1.97. The van der Waals surface area contributed by atoms with Gasteiger partial charge in [0, 0.05) is 18.0 Å². The molecule has 0 unspecified atom stereocenters. The number of benzene rings is 2. The maximum Gasteiger partial charge on any atom is 0.293 e. The summed E-state index contributed by atoms with van der Waals surface area (Å²) in [5, 5.41) is 14.1. The molecule has 2 aromatic rings. The van der Waals surface area contributed by atoms with Gasteiger partial charge in [0.25, 0.3) is 5.69 Å². The van der Waals surface area contributed by atoms with E-state index in [1.165, 1.54) is 12.1 Å². The number of nitrogens with zero attached hydrogens (tertiary/aromatic N) is 1. The fraction of sp³-hybridized carbons (Fsp3) is 0.200. The van der Waals surface area contributed by atoms with Crippen molar-refractivity contribution in [3.63, 3.8) is 0 Å². The maximum atomic E-state index is 11.5. The van der Waals surface area contributed by atoms with Crippen LogP contribution in [0.15, 0.2) is 41.3 Å². The third-order valence-electron chi connectivity index (χ3n) is 3.38. The Morgan fingerprint density at radius 2 is 1.73 bits per heavy atom. The van der Waals surface area contributed by atoms with Crippen LogP contribution in [0.4, 0.5) is 17.1 Å². The first-order chi connectivity index (χ1) is 10.2. The van der Waals surface area contributed by atoms with Crippen LogP contribution in [-0.4, -0.2) is 19.6 Å². The van der Waals surface area contributed by atoms with E-state index >= 15 is 0 Å². The van der Waals surface area contributed by atoms with Gasteiger partial charge in [0.15, 0.2) is 9.84 Å². The fourth-order valence-corrected chi connectivity index (χ4v) is 2.61. The number of nitro benzene ring substituents is 1. The summed E-state index contributed by atoms with van der Waals surface area (Å²) < 4.78 is 23.0. The van der Waals surface area contributed by atoms with Crippen molar-refractivity contribution >= 4 is 26.9 Å². The van der Waals surface area contributed by atoms with Crippen molar-refractivity contribution in [3.8, 4) is 0 Å². The zero-order valence-corrected chi connectivity index (χ0v) is 13.3. The lowest BCUT2D eigenvalue weighted by atomic mass is 10.1. The number of sulfone groups is 1. The van der Waals surface area contributed by atoms with Gasteiger partial charge in [0.2, 0.25) is 0 Å². The van der Waals surface area contributed by atoms with Crippen LogP contribution < -0.4 is 5.32 Å². The van der Waals surface area contributed by atoms with Crippen molar-refractivity contribution in [1.29, 1.82) is 0 Å². The van der Waals surface area contributed by atoms with Crippen molar-refractivity contribution in [2.24, 2.45) is 0 Å². The van der Waals surface area contributed by atoms with Crippen LogP contribution in [-0.2, 0) is 9.84 Å². The van der Waals surface area contributed by atoms with E-state index in [0.717, 1.165) is 23.4 Å². The third-order valence-corrected chi connectivity index (χ3v) is 4.49. The summed E-state index contributed by atoms with van der Waals surface area (Å²) in [4.78, 5) is 10.5. The van der Waals surface area contributed by atoms with Crippen LogP contribution in [0.5, 0.6) is 0 Å². The lowest BCUT2D eigenvalue weighted by Crippen LogP contribution is -2.02. The first kappa shape index (κ1) is 16.0. The van der Waals surface area contributed by atoms with E-state index in [9.17, 15) is 18.5 Å². The number of nitrogens with one attached hydrogen (secondary N) is 1. The molecule has 0 bridgehead atoms. The van der Waals surface area contributed by atoms with Crippen molar-refractivity contribution in [3.05, 3.63) is 57.6 Å². The largest absolute Gasteiger partial charge is 0.350 e. The minimum atomic E-state index is -3.49. The van der Waals surface area contributed by atoms with Gasteiger partial charge in [0.1, 0.15) is 5.69 Å². The van der Waals surface area contributed by atoms with Gasteiger partial charge in [0.05, 0.1) is 9.82 Å². The van der Waals surface area contributed by atoms with Crippen molar-refractivity contribution in [2.75, 3.05) is 11.6 Å². The average Bonchev–Trinajstić information content (AvgIpc) is 2.42. The number of hydrogen-bond donors (Lipinski definition) is 1. The third kappa shape index (κ3) is 3.43. The predicted octanol–water partition coefficient (Wildman–Crippen LogP) is 3.36. The molecule has 1 N–H and O–H groups in total. The number of aryl methyl sites for hydroxylation is 2. The van der Waals surface area contributed by atoms with Gasteiger partial charge in [-0.25, -0.2) is 8.42 Å². The van der Waals surface area contributed by atoms with Gasteiger partial charge >= 0.3 is 0 Å². The first-order valence-corrected chi connectivity index (χ1v) is 8.40. The molecule has 2 aromatic carbocycles. The Morgan fingerprint density at radius 1 is 1.05 bits per heavy atom. The molecule has 7 heteroatoms. The topological polar surface area (TPSA) is 89.3 Å². The molecule has 0 amide bonds. The lowest BCUT2D eigenvalue weighted by Gasteiger charge is -2.10. The van der Waals surface area contributed by atoms with Gasteiger partial charge in [-0.2, -0.15) is 0 Å². The van der Waals surface area contributed by atoms with Gasteiger partial charge < -0.3 is 5.32 Å². The lowest BCUT2D eigenvalue weighted by molar-refractivity contribution is -0.384. The van der Waals surface area contributed by atoms with Crippen LogP contribution in [0.2, 0.25) is 0 Å². The van der Waals surface area contributed by atoms with Crippen molar-refractivity contribution < 1.29 is 13.3 Å². The smallest absolute Gasteiger partial charge is 0.293 e. The summed E-state index contributed by atoms with van der Waals surface area (Å²) in [5.41, 5.74) is 2.85. The Morgan fingerprint density at radius 3 is 2.27 bits per heavy atom. The second-order valence-electron chi connectivity index (χ2n) is 5.13. The highest BCUT2D eigenvalue weighted by atomic mass is 32.2. The molecular weight excluding hydrogens is 304 g/mol. The van der Waals surface area contributed by atoms with Crippen molar-refractivity contribution in [1.82, 2.24) is 0 Å². The highest BCUT2D eigenvalue weighted by Crippen LogP contribution is 2.30. The Bertz CT molecular complexity index is 845. The van der Waals surface area contributed by atoms with Gasteiger partial charge in [-0.15, -0.1) is 0 Å². The molecule has 0 aliphatic carbocycles. The van der Waals surface area contributed by atoms with E-state index in [1.54, 1.807) is 0 Å². The maximum absolute atomic E-state index is 11.5. The SMILES string of the molecule is Cc1ccc(Nc2ccc(S(C)(=O)=O)cc2[N+](=O)[O-])cc1C. The average molecular weight is 320 g/mol. The van der Waals surface area contributed by atoms with E-state index in [-0.39, 0.29) is 16.3 Å². The molecule has 0 saturated carbocycles. The molecule has 0 aromatic heterocycles. The second kappa shape index (κ2) is 5.76. The van der Waals surface area contributed by atoms with Crippen LogP contribution in [0.25, 0.3) is 0 Å². The van der Waals surface area contributed by atoms with E-state index in [4.69, 9.17) is 0 Å². The molecule has 6 nitrogen and oxygen atoms in total. The molecule has 0 saturated heterocycles. The number of rotatable bonds is 4. The number of hydrogen-bond acceptors (Lipinski definition) is 5. The Labute approximate surface area is 128 Å². The minimum absolute atomic E-state index is 0.0789. The van der Waals surface area contributed by atoms with Gasteiger partial charge in [-0.3, -0.25) is 10.1 Å². The summed E-state index contributed by atoms with van der Waals surface area (Å²) in [5.74, 6) is 0. The monoisotopic (exact) mass is 320 g/mol. The second-order valence-corrected chi connectivity index (χ2v) is 7.15. The quantitative estimate of drug-likeness (QED) is 0.689. The van der Waals surface area contributed by atoms with E-state index in [0.29, 0.717) is 5.69 Å². The predicted molar refractivity (Wildman–Crippen MR) is 85.4 cm³/mol. The van der Waals surface area contributed by atoms with E-state index < -0.39 is 14.8 Å². The summed E-state index contributed by atoms with van der Waals surface area (Å²) in [6.07, 6.45) is 1.02. The Kier molecular flexibility index (Phi) is 4.18. The highest BCUT2D eigenvalue weighted by molar-refractivity contribution is 7.90. The zero-order chi connectivity index (χ0) is 16.5. The summed E-state index contributed by atoms with van der Waals surface area (Å²) in [6, 6.07) is 9.43. The van der Waals surface area contributed by atoms with Crippen molar-refractivity contribution in [2.45, 2.75) is 18.7 Å². The van der Waals surface area contributed by atoms with Crippen LogP contribution in [0.3, 0.4) is 0 Å². The highest BCUT2D eigenvalue weighted by Gasteiger charge is 2.18. The number of anilines is 2. The molecule has 22 heavy (non-hydrogen) atoms. The summed E-state index contributed by atoms with van der Waals surface area (Å²) in [6.45, 7) is 3.92. The van der Waals surface area contributed by atoms with Gasteiger partial charge in [-0.1, -0.05) is 6.07 Å². The van der Waals surface area contributed by atoms with Crippen LogP contribution in [0.1, 0.15) is 11.1 Å². The first-order valence-electron chi connectivity index (χ1n) is 6.51. The molecule has 0 atom stereocenters. The molecule has 2 rings (SSSR count). The standard InChI is InChI=1S/C15H16N2O4S/c1-10-4-5-12(8-11(10)2)16-14-7-6-13(22(3,20)21)9-15(14)17(18)19/h4-9,16H,1-3H3. The molecule has 0 fully saturated rings. The molecule has 116 valence electrons. The molecule has 0 aliphatic heterocycles. The molecule has 0 spiro atoms. The minimum Gasteiger partial charge on any atom is -0.350 e. The summed E-state index contributed by atoms with van der Waals surface area (Å²) >= 11 is 0. The summed E-state index contributed by atoms with van der Waals surface area (Å²) in [7, 11) is -3.49. The molecule has 0 aliphatic rings. The molecular formula is C15H16N2O4S.